The second-order valence-corrected chi connectivity index (χ2v) is 6.97. The van der Waals surface area contributed by atoms with E-state index in [2.05, 4.69) is 15.5 Å². The zero-order valence-electron chi connectivity index (χ0n) is 11.6. The fourth-order valence-corrected chi connectivity index (χ4v) is 3.43. The minimum absolute atomic E-state index is 0.120. The number of fused-ring (bicyclic) bond motifs is 1. The monoisotopic (exact) mass is 394 g/mol. The average Bonchev–Trinajstić information content (AvgIpc) is 3.06. The van der Waals surface area contributed by atoms with E-state index in [1.54, 1.807) is 0 Å². The number of carbonyl (C=O) groups is 1. The molecule has 3 aromatic rings. The highest BCUT2D eigenvalue weighted by molar-refractivity contribution is 7.20. The predicted octanol–water partition coefficient (Wildman–Crippen LogP) is 4.05. The smallest absolute Gasteiger partial charge is 0.345 e. The summed E-state index contributed by atoms with van der Waals surface area (Å²) in [4.78, 5) is 12.1. The Balaban J connectivity index is 1.82. The molecule has 3 aromatic heterocycles. The van der Waals surface area contributed by atoms with E-state index in [0.29, 0.717) is 4.34 Å². The van der Waals surface area contributed by atoms with Gasteiger partial charge in [-0.15, -0.1) is 21.5 Å². The second kappa shape index (κ2) is 6.23. The van der Waals surface area contributed by atoms with Gasteiger partial charge in [-0.05, 0) is 18.2 Å². The van der Waals surface area contributed by atoms with Crippen molar-refractivity contribution in [3.05, 3.63) is 50.0 Å². The van der Waals surface area contributed by atoms with Crippen LogP contribution in [0.3, 0.4) is 0 Å². The van der Waals surface area contributed by atoms with Gasteiger partial charge in [0.1, 0.15) is 4.34 Å². The first-order chi connectivity index (χ1) is 11.3. The Kier molecular flexibility index (Phi) is 4.41. The first-order valence-corrected chi connectivity index (χ1v) is 7.97. The number of hydrogen-bond donors (Lipinski definition) is 1. The van der Waals surface area contributed by atoms with Gasteiger partial charge in [0.25, 0.3) is 5.91 Å². The molecule has 1 N–H and O–H groups in total. The predicted molar refractivity (Wildman–Crippen MR) is 83.5 cm³/mol. The Hall–Kier alpha value is -1.84. The lowest BCUT2D eigenvalue weighted by molar-refractivity contribution is -0.137. The fraction of sp³-hybridized carbons (Fsp3) is 0.154. The molecule has 0 unspecified atom stereocenters. The summed E-state index contributed by atoms with van der Waals surface area (Å²) in [6.45, 7) is -0.120. The number of carbonyl (C=O) groups excluding carboxylic acids is 1. The molecule has 0 aromatic carbocycles. The molecule has 0 radical (unpaired) electrons. The first-order valence-electron chi connectivity index (χ1n) is 6.39. The highest BCUT2D eigenvalue weighted by atomic mass is 35.5. The standard InChI is InChI=1S/C13H7Cl2F3N4OS/c14-8-3-7(11(15)24-8)12(23)19-4-10-21-20-9-2-1-6(5-22(9)10)13(16,17)18/h1-3,5H,4H2,(H,19,23). The number of aromatic nitrogens is 3. The van der Waals surface area contributed by atoms with Gasteiger partial charge in [0, 0.05) is 6.20 Å². The molecule has 0 bridgehead atoms. The molecule has 0 saturated heterocycles. The minimum Gasteiger partial charge on any atom is -0.345 e. The van der Waals surface area contributed by atoms with Crippen LogP contribution in [0.15, 0.2) is 24.4 Å². The van der Waals surface area contributed by atoms with Crippen molar-refractivity contribution in [2.45, 2.75) is 12.7 Å². The summed E-state index contributed by atoms with van der Waals surface area (Å²) in [6, 6.07) is 3.53. The summed E-state index contributed by atoms with van der Waals surface area (Å²) >= 11 is 12.7. The maximum absolute atomic E-state index is 12.8. The van der Waals surface area contributed by atoms with Gasteiger partial charge < -0.3 is 5.32 Å². The van der Waals surface area contributed by atoms with Crippen molar-refractivity contribution in [1.82, 2.24) is 19.9 Å². The molecule has 3 rings (SSSR count). The molecular formula is C13H7Cl2F3N4OS. The third-order valence-corrected chi connectivity index (χ3v) is 4.60. The number of thiophene rings is 1. The molecule has 126 valence electrons. The van der Waals surface area contributed by atoms with Crippen LogP contribution in [0.25, 0.3) is 5.65 Å². The highest BCUT2D eigenvalue weighted by Crippen LogP contribution is 2.31. The SMILES string of the molecule is O=C(NCc1nnc2ccc(C(F)(F)F)cn12)c1cc(Cl)sc1Cl. The molecule has 0 fully saturated rings. The normalized spacial score (nSPS) is 11.9. The maximum Gasteiger partial charge on any atom is 0.417 e. The molecule has 5 nitrogen and oxygen atoms in total. The van der Waals surface area contributed by atoms with E-state index >= 15 is 0 Å². The molecule has 11 heteroatoms. The van der Waals surface area contributed by atoms with Crippen LogP contribution >= 0.6 is 34.5 Å². The molecule has 1 amide bonds. The van der Waals surface area contributed by atoms with Crippen molar-refractivity contribution in [1.29, 1.82) is 0 Å². The van der Waals surface area contributed by atoms with Crippen LogP contribution in [-0.4, -0.2) is 20.5 Å². The van der Waals surface area contributed by atoms with Crippen LogP contribution < -0.4 is 5.32 Å². The number of alkyl halides is 3. The lowest BCUT2D eigenvalue weighted by atomic mass is 10.3. The van der Waals surface area contributed by atoms with E-state index in [1.807, 2.05) is 0 Å². The topological polar surface area (TPSA) is 59.3 Å². The van der Waals surface area contributed by atoms with Gasteiger partial charge in [0.2, 0.25) is 0 Å². The second-order valence-electron chi connectivity index (χ2n) is 4.68. The van der Waals surface area contributed by atoms with E-state index in [9.17, 15) is 18.0 Å². The van der Waals surface area contributed by atoms with Crippen molar-refractivity contribution in [2.75, 3.05) is 0 Å². The van der Waals surface area contributed by atoms with Crippen LogP contribution in [0, 0.1) is 0 Å². The number of hydrogen-bond acceptors (Lipinski definition) is 4. The maximum atomic E-state index is 12.8. The molecule has 3 heterocycles. The first kappa shape index (κ1) is 17.0. The summed E-state index contributed by atoms with van der Waals surface area (Å²) in [5, 5.41) is 10.1. The van der Waals surface area contributed by atoms with E-state index in [-0.39, 0.29) is 27.9 Å². The Morgan fingerprint density at radius 2 is 2.04 bits per heavy atom. The minimum atomic E-state index is -4.49. The molecule has 0 aliphatic heterocycles. The van der Waals surface area contributed by atoms with Crippen molar-refractivity contribution in [3.63, 3.8) is 0 Å². The van der Waals surface area contributed by atoms with Gasteiger partial charge >= 0.3 is 6.18 Å². The van der Waals surface area contributed by atoms with E-state index < -0.39 is 17.6 Å². The van der Waals surface area contributed by atoms with Gasteiger partial charge in [0.05, 0.1) is 22.0 Å². The summed E-state index contributed by atoms with van der Waals surface area (Å²) in [5.74, 6) is -0.353. The lowest BCUT2D eigenvalue weighted by Gasteiger charge is -2.08. The van der Waals surface area contributed by atoms with Gasteiger partial charge in [-0.25, -0.2) is 0 Å². The van der Waals surface area contributed by atoms with E-state index in [1.165, 1.54) is 16.5 Å². The Morgan fingerprint density at radius 1 is 1.29 bits per heavy atom. The van der Waals surface area contributed by atoms with E-state index in [4.69, 9.17) is 23.2 Å². The van der Waals surface area contributed by atoms with Crippen LogP contribution in [0.5, 0.6) is 0 Å². The third-order valence-electron chi connectivity index (χ3n) is 3.11. The van der Waals surface area contributed by atoms with Gasteiger partial charge in [0.15, 0.2) is 11.5 Å². The highest BCUT2D eigenvalue weighted by Gasteiger charge is 2.31. The molecule has 24 heavy (non-hydrogen) atoms. The molecule has 0 aliphatic rings. The van der Waals surface area contributed by atoms with Gasteiger partial charge in [-0.3, -0.25) is 9.20 Å². The summed E-state index contributed by atoms with van der Waals surface area (Å²) < 4.78 is 40.1. The Labute approximate surface area is 147 Å². The van der Waals surface area contributed by atoms with Crippen molar-refractivity contribution >= 4 is 46.1 Å². The van der Waals surface area contributed by atoms with Gasteiger partial charge in [-0.2, -0.15) is 13.2 Å². The lowest BCUT2D eigenvalue weighted by Crippen LogP contribution is -2.24. The fourth-order valence-electron chi connectivity index (χ4n) is 1.98. The van der Waals surface area contributed by atoms with Crippen LogP contribution in [0.2, 0.25) is 8.67 Å². The number of nitrogens with one attached hydrogen (secondary N) is 1. The summed E-state index contributed by atoms with van der Waals surface area (Å²) in [7, 11) is 0. The van der Waals surface area contributed by atoms with Crippen molar-refractivity contribution < 1.29 is 18.0 Å². The largest absolute Gasteiger partial charge is 0.417 e. The summed E-state index contributed by atoms with van der Waals surface area (Å²) in [6.07, 6.45) is -3.61. The Morgan fingerprint density at radius 3 is 2.67 bits per heavy atom. The zero-order chi connectivity index (χ0) is 17.5. The number of pyridine rings is 1. The number of halogens is 5. The average molecular weight is 395 g/mol. The van der Waals surface area contributed by atoms with Crippen LogP contribution in [0.4, 0.5) is 13.2 Å². The number of nitrogens with zero attached hydrogens (tertiary/aromatic N) is 3. The summed E-state index contributed by atoms with van der Waals surface area (Å²) in [5.41, 5.74) is -0.407. The molecule has 0 saturated carbocycles. The molecule has 0 atom stereocenters. The van der Waals surface area contributed by atoms with Crippen molar-refractivity contribution in [3.8, 4) is 0 Å². The number of rotatable bonds is 3. The quantitative estimate of drug-likeness (QED) is 0.728. The molecule has 0 spiro atoms. The van der Waals surface area contributed by atoms with Gasteiger partial charge in [-0.1, -0.05) is 23.2 Å². The van der Waals surface area contributed by atoms with Crippen LogP contribution in [-0.2, 0) is 12.7 Å². The molecular weight excluding hydrogens is 388 g/mol. The third kappa shape index (κ3) is 3.33. The van der Waals surface area contributed by atoms with E-state index in [0.717, 1.165) is 23.6 Å². The zero-order valence-corrected chi connectivity index (χ0v) is 13.9. The Bertz CT molecular complexity index is 922. The van der Waals surface area contributed by atoms with Crippen LogP contribution in [0.1, 0.15) is 21.7 Å². The van der Waals surface area contributed by atoms with Crippen molar-refractivity contribution in [2.24, 2.45) is 0 Å². The molecule has 0 aliphatic carbocycles. The number of amides is 1.